The summed E-state index contributed by atoms with van der Waals surface area (Å²) in [6.07, 6.45) is 0. The Morgan fingerprint density at radius 3 is 2.41 bits per heavy atom. The molecule has 0 amide bonds. The number of aryl methyl sites for hydroxylation is 3. The molecule has 1 aromatic heterocycles. The van der Waals surface area contributed by atoms with Crippen LogP contribution in [0.15, 0.2) is 36.4 Å². The van der Waals surface area contributed by atoms with E-state index in [-0.39, 0.29) is 0 Å². The molecule has 0 saturated carbocycles. The normalized spacial score (nSPS) is 11.3. The van der Waals surface area contributed by atoms with Gasteiger partial charge in [0.15, 0.2) is 0 Å². The minimum Gasteiger partial charge on any atom is -0.377 e. The van der Waals surface area contributed by atoms with Crippen LogP contribution in [0, 0.1) is 20.8 Å². The van der Waals surface area contributed by atoms with E-state index < -0.39 is 0 Å². The SMILES string of the molecule is COCc1nc2ccccc2n1Cc1c(C)cc(C)cc1C. The summed E-state index contributed by atoms with van der Waals surface area (Å²) in [7, 11) is 1.71. The first kappa shape index (κ1) is 14.8. The molecule has 22 heavy (non-hydrogen) atoms. The molecule has 0 N–H and O–H groups in total. The summed E-state index contributed by atoms with van der Waals surface area (Å²) in [6.45, 7) is 7.87. The molecule has 1 heterocycles. The third kappa shape index (κ3) is 2.64. The van der Waals surface area contributed by atoms with Crippen molar-refractivity contribution >= 4 is 11.0 Å². The molecule has 0 saturated heterocycles. The van der Waals surface area contributed by atoms with Crippen LogP contribution in [0.3, 0.4) is 0 Å². The topological polar surface area (TPSA) is 27.1 Å². The lowest BCUT2D eigenvalue weighted by atomic mass is 10.00. The maximum Gasteiger partial charge on any atom is 0.136 e. The van der Waals surface area contributed by atoms with Gasteiger partial charge < -0.3 is 9.30 Å². The molecule has 0 spiro atoms. The monoisotopic (exact) mass is 294 g/mol. The van der Waals surface area contributed by atoms with Crippen molar-refractivity contribution in [3.63, 3.8) is 0 Å². The number of hydrogen-bond acceptors (Lipinski definition) is 2. The van der Waals surface area contributed by atoms with Gasteiger partial charge in [-0.1, -0.05) is 29.8 Å². The Morgan fingerprint density at radius 1 is 1.05 bits per heavy atom. The van der Waals surface area contributed by atoms with Crippen molar-refractivity contribution in [1.29, 1.82) is 0 Å². The summed E-state index contributed by atoms with van der Waals surface area (Å²) < 4.78 is 7.60. The Balaban J connectivity index is 2.12. The Bertz CT molecular complexity index is 794. The molecule has 2 aromatic carbocycles. The van der Waals surface area contributed by atoms with Gasteiger partial charge in [0.05, 0.1) is 11.0 Å². The number of nitrogens with zero attached hydrogens (tertiary/aromatic N) is 2. The van der Waals surface area contributed by atoms with Crippen LogP contribution in [-0.2, 0) is 17.9 Å². The van der Waals surface area contributed by atoms with E-state index in [2.05, 4.69) is 55.7 Å². The fourth-order valence-corrected chi connectivity index (χ4v) is 3.16. The van der Waals surface area contributed by atoms with E-state index in [1.165, 1.54) is 22.3 Å². The summed E-state index contributed by atoms with van der Waals surface area (Å²) in [5.41, 5.74) is 7.53. The lowest BCUT2D eigenvalue weighted by Crippen LogP contribution is -2.08. The van der Waals surface area contributed by atoms with Gasteiger partial charge >= 0.3 is 0 Å². The minimum atomic E-state index is 0.526. The third-order valence-corrected chi connectivity index (χ3v) is 4.16. The second-order valence-corrected chi connectivity index (χ2v) is 5.91. The van der Waals surface area contributed by atoms with E-state index in [1.54, 1.807) is 7.11 Å². The van der Waals surface area contributed by atoms with Crippen LogP contribution >= 0.6 is 0 Å². The van der Waals surface area contributed by atoms with Gasteiger partial charge in [0.1, 0.15) is 12.4 Å². The number of rotatable bonds is 4. The first-order chi connectivity index (χ1) is 10.6. The summed E-state index contributed by atoms with van der Waals surface area (Å²) in [5, 5.41) is 0. The van der Waals surface area contributed by atoms with Crippen molar-refractivity contribution in [1.82, 2.24) is 9.55 Å². The van der Waals surface area contributed by atoms with Gasteiger partial charge in [-0.25, -0.2) is 4.98 Å². The molecule has 3 rings (SSSR count). The average Bonchev–Trinajstić information content (AvgIpc) is 2.81. The van der Waals surface area contributed by atoms with Crippen molar-refractivity contribution in [2.24, 2.45) is 0 Å². The van der Waals surface area contributed by atoms with E-state index in [0.29, 0.717) is 6.61 Å². The fraction of sp³-hybridized carbons (Fsp3) is 0.316. The van der Waals surface area contributed by atoms with E-state index in [0.717, 1.165) is 23.4 Å². The number of para-hydroxylation sites is 2. The number of fused-ring (bicyclic) bond motifs is 1. The van der Waals surface area contributed by atoms with Gasteiger partial charge in [0.25, 0.3) is 0 Å². The van der Waals surface area contributed by atoms with Crippen molar-refractivity contribution in [2.45, 2.75) is 33.9 Å². The highest BCUT2D eigenvalue weighted by Crippen LogP contribution is 2.22. The van der Waals surface area contributed by atoms with Crippen LogP contribution in [0.4, 0.5) is 0 Å². The van der Waals surface area contributed by atoms with Crippen molar-refractivity contribution in [2.75, 3.05) is 7.11 Å². The van der Waals surface area contributed by atoms with Gasteiger partial charge in [-0.2, -0.15) is 0 Å². The van der Waals surface area contributed by atoms with Crippen molar-refractivity contribution < 1.29 is 4.74 Å². The third-order valence-electron chi connectivity index (χ3n) is 4.16. The zero-order chi connectivity index (χ0) is 15.7. The van der Waals surface area contributed by atoms with E-state index in [9.17, 15) is 0 Å². The molecule has 0 atom stereocenters. The Morgan fingerprint density at radius 2 is 1.73 bits per heavy atom. The van der Waals surface area contributed by atoms with Crippen molar-refractivity contribution in [3.05, 3.63) is 64.5 Å². The zero-order valence-electron chi connectivity index (χ0n) is 13.7. The molecular weight excluding hydrogens is 272 g/mol. The Kier molecular flexibility index (Phi) is 3.99. The minimum absolute atomic E-state index is 0.526. The molecular formula is C19H22N2O. The maximum atomic E-state index is 5.33. The number of methoxy groups -OCH3 is 1. The quantitative estimate of drug-likeness (QED) is 0.722. The largest absolute Gasteiger partial charge is 0.377 e. The number of ether oxygens (including phenoxy) is 1. The molecule has 0 unspecified atom stereocenters. The predicted octanol–water partition coefficient (Wildman–Crippen LogP) is 4.16. The highest BCUT2D eigenvalue weighted by molar-refractivity contribution is 5.76. The molecule has 3 heteroatoms. The molecule has 114 valence electrons. The second-order valence-electron chi connectivity index (χ2n) is 5.91. The summed E-state index contributed by atoms with van der Waals surface area (Å²) >= 11 is 0. The van der Waals surface area contributed by atoms with E-state index in [4.69, 9.17) is 9.72 Å². The van der Waals surface area contributed by atoms with Crippen LogP contribution in [0.2, 0.25) is 0 Å². The Labute approximate surface area is 131 Å². The second kappa shape index (κ2) is 5.93. The molecule has 0 aliphatic rings. The number of benzene rings is 2. The first-order valence-electron chi connectivity index (χ1n) is 7.60. The maximum absolute atomic E-state index is 5.33. The molecule has 0 bridgehead atoms. The molecule has 0 fully saturated rings. The highest BCUT2D eigenvalue weighted by atomic mass is 16.5. The lowest BCUT2D eigenvalue weighted by molar-refractivity contribution is 0.175. The average molecular weight is 294 g/mol. The van der Waals surface area contributed by atoms with Gasteiger partial charge in [-0.05, 0) is 49.6 Å². The molecule has 0 aliphatic carbocycles. The zero-order valence-corrected chi connectivity index (χ0v) is 13.7. The van der Waals surface area contributed by atoms with Crippen LogP contribution < -0.4 is 0 Å². The van der Waals surface area contributed by atoms with Gasteiger partial charge in [0, 0.05) is 13.7 Å². The molecule has 0 radical (unpaired) electrons. The smallest absolute Gasteiger partial charge is 0.136 e. The number of aromatic nitrogens is 2. The predicted molar refractivity (Wildman–Crippen MR) is 90.2 cm³/mol. The first-order valence-corrected chi connectivity index (χ1v) is 7.60. The van der Waals surface area contributed by atoms with Crippen LogP contribution in [-0.4, -0.2) is 16.7 Å². The van der Waals surface area contributed by atoms with Crippen LogP contribution in [0.25, 0.3) is 11.0 Å². The standard InChI is InChI=1S/C19H22N2O/c1-13-9-14(2)16(15(3)10-13)11-21-18-8-6-5-7-17(18)20-19(21)12-22-4/h5-10H,11-12H2,1-4H3. The molecule has 3 aromatic rings. The highest BCUT2D eigenvalue weighted by Gasteiger charge is 2.13. The van der Waals surface area contributed by atoms with Gasteiger partial charge in [-0.3, -0.25) is 0 Å². The molecule has 3 nitrogen and oxygen atoms in total. The summed E-state index contributed by atoms with van der Waals surface area (Å²) in [6, 6.07) is 12.8. The van der Waals surface area contributed by atoms with Crippen LogP contribution in [0.1, 0.15) is 28.1 Å². The van der Waals surface area contributed by atoms with Crippen LogP contribution in [0.5, 0.6) is 0 Å². The van der Waals surface area contributed by atoms with E-state index in [1.807, 2.05) is 6.07 Å². The number of imidazole rings is 1. The van der Waals surface area contributed by atoms with Gasteiger partial charge in [-0.15, -0.1) is 0 Å². The van der Waals surface area contributed by atoms with Gasteiger partial charge in [0.2, 0.25) is 0 Å². The van der Waals surface area contributed by atoms with E-state index >= 15 is 0 Å². The fourth-order valence-electron chi connectivity index (χ4n) is 3.16. The summed E-state index contributed by atoms with van der Waals surface area (Å²) in [4.78, 5) is 4.71. The molecule has 0 aliphatic heterocycles. The summed E-state index contributed by atoms with van der Waals surface area (Å²) in [5.74, 6) is 0.975. The lowest BCUT2D eigenvalue weighted by Gasteiger charge is -2.15. The van der Waals surface area contributed by atoms with Crippen molar-refractivity contribution in [3.8, 4) is 0 Å². The Hall–Kier alpha value is -2.13. The number of hydrogen-bond donors (Lipinski definition) is 0.